The smallest absolute Gasteiger partial charge is 0.270 e. The lowest BCUT2D eigenvalue weighted by Gasteiger charge is -1.97. The van der Waals surface area contributed by atoms with Gasteiger partial charge in [-0.1, -0.05) is 0 Å². The molecule has 0 fully saturated rings. The predicted molar refractivity (Wildman–Crippen MR) is 22.8 cm³/mol. The fourth-order valence-electron chi connectivity index (χ4n) is 0.147. The van der Waals surface area contributed by atoms with Crippen LogP contribution in [0.4, 0.5) is 0 Å². The topological polar surface area (TPSA) is 157 Å². The third kappa shape index (κ3) is 12.9. The summed E-state index contributed by atoms with van der Waals surface area (Å²) in [6.45, 7) is -0.132. The summed E-state index contributed by atoms with van der Waals surface area (Å²) in [5.41, 5.74) is 0. The lowest BCUT2D eigenvalue weighted by molar-refractivity contribution is -0.874. The van der Waals surface area contributed by atoms with Crippen LogP contribution < -0.4 is 0 Å². The van der Waals surface area contributed by atoms with Crippen LogP contribution in [-0.4, -0.2) is 11.7 Å². The second kappa shape index (κ2) is 13.9. The summed E-state index contributed by atoms with van der Waals surface area (Å²) in [6.07, 6.45) is 0. The normalized spacial score (nSPS) is 10.3. The van der Waals surface area contributed by atoms with Crippen molar-refractivity contribution in [3.8, 4) is 0 Å². The SMILES string of the molecule is O=COOOOOOOOOOOOOO. The quantitative estimate of drug-likeness (QED) is 0.181. The van der Waals surface area contributed by atoms with Gasteiger partial charge in [-0.15, -0.1) is 0 Å². The Morgan fingerprint density at radius 3 is 1.38 bits per heavy atom. The van der Waals surface area contributed by atoms with Gasteiger partial charge in [0.1, 0.15) is 0 Å². The Morgan fingerprint density at radius 1 is 0.625 bits per heavy atom. The third-order valence-electron chi connectivity index (χ3n) is 0.387. The molecule has 0 aliphatic heterocycles. The van der Waals surface area contributed by atoms with Crippen molar-refractivity contribution in [2.24, 2.45) is 0 Å². The molecule has 0 aromatic rings. The van der Waals surface area contributed by atoms with Crippen LogP contribution in [0.15, 0.2) is 0 Å². The highest BCUT2D eigenvalue weighted by Gasteiger charge is 1.97. The zero-order valence-electron chi connectivity index (χ0n) is 6.74. The van der Waals surface area contributed by atoms with Crippen molar-refractivity contribution < 1.29 is 75.4 Å². The third-order valence-corrected chi connectivity index (χ3v) is 0.387. The molecule has 0 saturated carbocycles. The second-order valence-electron chi connectivity index (χ2n) is 1.02. The average Bonchev–Trinajstić information content (AvgIpc) is 2.31. The molecule has 0 amide bonds. The van der Waals surface area contributed by atoms with Gasteiger partial charge in [-0.25, -0.2) is 5.26 Å². The van der Waals surface area contributed by atoms with E-state index in [-0.39, 0.29) is 6.47 Å². The lowest BCUT2D eigenvalue weighted by atomic mass is 11.7. The van der Waals surface area contributed by atoms with Crippen molar-refractivity contribution in [3.05, 3.63) is 0 Å². The van der Waals surface area contributed by atoms with Crippen molar-refractivity contribution in [2.45, 2.75) is 0 Å². The standard InChI is InChI=1S/CH2O15/c2-1-4-6-8-10-12-14-16-15-13-11-9-7-5-3/h1,3H. The lowest BCUT2D eigenvalue weighted by Crippen LogP contribution is -2.03. The van der Waals surface area contributed by atoms with Crippen molar-refractivity contribution in [1.29, 1.82) is 0 Å². The number of carbonyl (C=O) groups excluding carboxylic acids is 1. The van der Waals surface area contributed by atoms with Crippen molar-refractivity contribution in [1.82, 2.24) is 0 Å². The van der Waals surface area contributed by atoms with Gasteiger partial charge in [0.25, 0.3) is 0 Å². The Labute approximate surface area is 83.3 Å². The Hall–Kier alpha value is -1.05. The van der Waals surface area contributed by atoms with E-state index >= 15 is 0 Å². The Bertz CT molecular complexity index is 131. The monoisotopic (exact) mass is 254 g/mol. The van der Waals surface area contributed by atoms with E-state index in [1.54, 1.807) is 0 Å². The molecule has 0 saturated heterocycles. The van der Waals surface area contributed by atoms with E-state index in [1.807, 2.05) is 0 Å². The van der Waals surface area contributed by atoms with Crippen LogP contribution in [0.25, 0.3) is 0 Å². The summed E-state index contributed by atoms with van der Waals surface area (Å²) in [6, 6.07) is 0. The summed E-state index contributed by atoms with van der Waals surface area (Å²) in [7, 11) is 0. The molecule has 0 radical (unpaired) electrons. The van der Waals surface area contributed by atoms with Gasteiger partial charge in [0, 0.05) is 30.2 Å². The number of rotatable bonds is 13. The summed E-state index contributed by atoms with van der Waals surface area (Å²) in [5.74, 6) is 0. The summed E-state index contributed by atoms with van der Waals surface area (Å²) >= 11 is 0. The fourth-order valence-corrected chi connectivity index (χ4v) is 0.147. The van der Waals surface area contributed by atoms with Gasteiger partial charge in [0.05, 0.1) is 0 Å². The van der Waals surface area contributed by atoms with E-state index in [1.165, 1.54) is 0 Å². The first-order chi connectivity index (χ1) is 7.91. The van der Waals surface area contributed by atoms with Gasteiger partial charge in [0.2, 0.25) is 0 Å². The van der Waals surface area contributed by atoms with Crippen molar-refractivity contribution >= 4 is 6.47 Å². The van der Waals surface area contributed by atoms with Gasteiger partial charge in [-0.05, 0) is 30.2 Å². The maximum absolute atomic E-state index is 9.41. The van der Waals surface area contributed by atoms with Gasteiger partial charge in [-0.3, -0.25) is 9.68 Å². The van der Waals surface area contributed by atoms with Gasteiger partial charge < -0.3 is 0 Å². The molecule has 16 heavy (non-hydrogen) atoms. The molecule has 15 nitrogen and oxygen atoms in total. The first-order valence-corrected chi connectivity index (χ1v) is 2.65. The fraction of sp³-hybridized carbons (Fsp3) is 0. The molecule has 0 aliphatic carbocycles. The van der Waals surface area contributed by atoms with Gasteiger partial charge in [-0.2, -0.15) is 0 Å². The van der Waals surface area contributed by atoms with Crippen LogP contribution >= 0.6 is 0 Å². The first-order valence-electron chi connectivity index (χ1n) is 2.65. The average molecular weight is 254 g/mol. The molecule has 1 N–H and O–H groups in total. The zero-order valence-corrected chi connectivity index (χ0v) is 6.74. The molecule has 0 aromatic heterocycles. The highest BCUT2D eigenvalue weighted by atomic mass is 18.0. The molecule has 0 bridgehead atoms. The molecule has 0 aliphatic rings. The zero-order chi connectivity index (χ0) is 11.9. The van der Waals surface area contributed by atoms with Gasteiger partial charge in [0.15, 0.2) is 0 Å². The van der Waals surface area contributed by atoms with Crippen LogP contribution in [-0.2, 0) is 70.1 Å². The van der Waals surface area contributed by atoms with E-state index in [4.69, 9.17) is 5.26 Å². The number of hydrogen-bond acceptors (Lipinski definition) is 15. The van der Waals surface area contributed by atoms with E-state index in [0.29, 0.717) is 0 Å². The van der Waals surface area contributed by atoms with E-state index < -0.39 is 0 Å². The minimum atomic E-state index is -0.132. The summed E-state index contributed by atoms with van der Waals surface area (Å²) in [4.78, 5) is 12.9. The molecule has 0 rings (SSSR count). The second-order valence-corrected chi connectivity index (χ2v) is 1.02. The first kappa shape index (κ1) is 14.9. The summed E-state index contributed by atoms with van der Waals surface area (Å²) in [5, 5.41) is 47.7. The van der Waals surface area contributed by atoms with Crippen molar-refractivity contribution in [3.63, 3.8) is 0 Å². The number of carbonyl (C=O) groups is 1. The molecule has 96 valence electrons. The van der Waals surface area contributed by atoms with Gasteiger partial charge >= 0.3 is 6.47 Å². The Balaban J connectivity index is 2.85. The highest BCUT2D eigenvalue weighted by molar-refractivity contribution is 5.35. The van der Waals surface area contributed by atoms with Crippen LogP contribution in [0.2, 0.25) is 0 Å². The molecule has 15 heteroatoms. The Morgan fingerprint density at radius 2 is 1.00 bits per heavy atom. The maximum atomic E-state index is 9.41. The van der Waals surface area contributed by atoms with Crippen molar-refractivity contribution in [2.75, 3.05) is 0 Å². The molecular formula is CH2O15. The molecular weight excluding hydrogens is 252 g/mol. The molecule has 0 aromatic carbocycles. The van der Waals surface area contributed by atoms with E-state index in [9.17, 15) is 4.79 Å². The number of hydrogen-bond donors (Lipinski definition) is 1. The predicted octanol–water partition coefficient (Wildman–Crippen LogP) is -1.19. The summed E-state index contributed by atoms with van der Waals surface area (Å²) < 4.78 is 0. The maximum Gasteiger partial charge on any atom is 0.334 e. The van der Waals surface area contributed by atoms with Crippen LogP contribution in [0.5, 0.6) is 0 Å². The van der Waals surface area contributed by atoms with Crippen LogP contribution in [0, 0.1) is 0 Å². The van der Waals surface area contributed by atoms with Crippen LogP contribution in [0.3, 0.4) is 0 Å². The van der Waals surface area contributed by atoms with E-state index in [0.717, 1.165) is 0 Å². The minimum Gasteiger partial charge on any atom is -0.270 e. The van der Waals surface area contributed by atoms with Crippen LogP contribution in [0.1, 0.15) is 0 Å². The van der Waals surface area contributed by atoms with E-state index in [2.05, 4.69) is 65.3 Å². The minimum absolute atomic E-state index is 0.132. The molecule has 0 spiro atoms. The highest BCUT2D eigenvalue weighted by Crippen LogP contribution is 1.90. The molecule has 0 unspecified atom stereocenters. The Kier molecular flexibility index (Phi) is 13.0. The largest absolute Gasteiger partial charge is 0.334 e. The molecule has 0 heterocycles. The molecule has 0 atom stereocenters.